The number of halogens is 1. The van der Waals surface area contributed by atoms with Crippen LogP contribution in [0.5, 0.6) is 0 Å². The van der Waals surface area contributed by atoms with Crippen LogP contribution in [0.25, 0.3) is 0 Å². The lowest BCUT2D eigenvalue weighted by Gasteiger charge is -2.08. The quantitative estimate of drug-likeness (QED) is 0.883. The number of hydrogen-bond donors (Lipinski definition) is 1. The van der Waals surface area contributed by atoms with E-state index < -0.39 is 0 Å². The SMILES string of the molecule is CCn1cncc1CNCc1ccccc1Cl. The van der Waals surface area contributed by atoms with Gasteiger partial charge in [-0.15, -0.1) is 0 Å². The molecule has 3 nitrogen and oxygen atoms in total. The third-order valence-corrected chi connectivity index (χ3v) is 3.09. The van der Waals surface area contributed by atoms with Crippen LogP contribution in [0.2, 0.25) is 5.02 Å². The van der Waals surface area contributed by atoms with Crippen molar-refractivity contribution in [3.8, 4) is 0 Å². The Labute approximate surface area is 106 Å². The minimum absolute atomic E-state index is 0.772. The Morgan fingerprint density at radius 3 is 2.88 bits per heavy atom. The Bertz CT molecular complexity index is 479. The molecule has 0 aliphatic carbocycles. The fourth-order valence-electron chi connectivity index (χ4n) is 1.75. The van der Waals surface area contributed by atoms with Gasteiger partial charge >= 0.3 is 0 Å². The van der Waals surface area contributed by atoms with Gasteiger partial charge in [-0.05, 0) is 18.6 Å². The average Bonchev–Trinajstić information content (AvgIpc) is 2.79. The first-order valence-electron chi connectivity index (χ1n) is 5.74. The van der Waals surface area contributed by atoms with Gasteiger partial charge in [-0.1, -0.05) is 29.8 Å². The predicted octanol–water partition coefficient (Wildman–Crippen LogP) is 2.85. The fourth-order valence-corrected chi connectivity index (χ4v) is 1.95. The van der Waals surface area contributed by atoms with Crippen LogP contribution in [0.4, 0.5) is 0 Å². The Kier molecular flexibility index (Phi) is 4.18. The standard InChI is InChI=1S/C13H16ClN3/c1-2-17-10-16-9-12(17)8-15-7-11-5-3-4-6-13(11)14/h3-6,9-10,15H,2,7-8H2,1H3. The summed E-state index contributed by atoms with van der Waals surface area (Å²) in [5.41, 5.74) is 2.32. The molecule has 17 heavy (non-hydrogen) atoms. The second-order valence-electron chi connectivity index (χ2n) is 3.87. The van der Waals surface area contributed by atoms with Crippen LogP contribution in [-0.4, -0.2) is 9.55 Å². The Morgan fingerprint density at radius 1 is 1.29 bits per heavy atom. The van der Waals surface area contributed by atoms with E-state index >= 15 is 0 Å². The summed E-state index contributed by atoms with van der Waals surface area (Å²) in [5.74, 6) is 0. The molecular formula is C13H16ClN3. The molecule has 0 radical (unpaired) electrons. The Morgan fingerprint density at radius 2 is 2.12 bits per heavy atom. The van der Waals surface area contributed by atoms with Crippen molar-refractivity contribution in [1.82, 2.24) is 14.9 Å². The van der Waals surface area contributed by atoms with Crippen LogP contribution in [0.1, 0.15) is 18.2 Å². The number of aryl methyl sites for hydroxylation is 1. The lowest BCUT2D eigenvalue weighted by atomic mass is 10.2. The van der Waals surface area contributed by atoms with Crippen LogP contribution in [-0.2, 0) is 19.6 Å². The van der Waals surface area contributed by atoms with Crippen molar-refractivity contribution < 1.29 is 0 Å². The van der Waals surface area contributed by atoms with Crippen molar-refractivity contribution in [1.29, 1.82) is 0 Å². The molecule has 0 unspecified atom stereocenters. The van der Waals surface area contributed by atoms with E-state index in [9.17, 15) is 0 Å². The van der Waals surface area contributed by atoms with Gasteiger partial charge in [0.1, 0.15) is 0 Å². The molecule has 1 aromatic carbocycles. The summed E-state index contributed by atoms with van der Waals surface area (Å²) < 4.78 is 2.12. The lowest BCUT2D eigenvalue weighted by Crippen LogP contribution is -2.15. The molecule has 0 fully saturated rings. The number of benzene rings is 1. The van der Waals surface area contributed by atoms with Gasteiger partial charge in [0.2, 0.25) is 0 Å². The highest BCUT2D eigenvalue weighted by Gasteiger charge is 2.01. The molecule has 1 aromatic heterocycles. The van der Waals surface area contributed by atoms with Gasteiger partial charge in [0.05, 0.1) is 12.0 Å². The summed E-state index contributed by atoms with van der Waals surface area (Å²) in [7, 11) is 0. The van der Waals surface area contributed by atoms with Gasteiger partial charge in [-0.3, -0.25) is 0 Å². The molecule has 90 valence electrons. The molecule has 2 aromatic rings. The summed E-state index contributed by atoms with van der Waals surface area (Å²) in [6, 6.07) is 7.89. The Balaban J connectivity index is 1.90. The van der Waals surface area contributed by atoms with E-state index in [1.54, 1.807) is 0 Å². The molecule has 4 heteroatoms. The van der Waals surface area contributed by atoms with Gasteiger partial charge < -0.3 is 9.88 Å². The van der Waals surface area contributed by atoms with Crippen LogP contribution in [0, 0.1) is 0 Å². The number of aromatic nitrogens is 2. The number of rotatable bonds is 5. The zero-order valence-corrected chi connectivity index (χ0v) is 10.6. The molecule has 0 aliphatic rings. The van der Waals surface area contributed by atoms with E-state index in [1.807, 2.05) is 36.8 Å². The van der Waals surface area contributed by atoms with Crippen molar-refractivity contribution in [2.24, 2.45) is 0 Å². The molecule has 2 rings (SSSR count). The van der Waals surface area contributed by atoms with Crippen LogP contribution in [0.15, 0.2) is 36.8 Å². The first kappa shape index (κ1) is 12.1. The number of hydrogen-bond acceptors (Lipinski definition) is 2. The summed E-state index contributed by atoms with van der Waals surface area (Å²) in [6.07, 6.45) is 3.75. The first-order chi connectivity index (χ1) is 8.31. The lowest BCUT2D eigenvalue weighted by molar-refractivity contribution is 0.628. The summed E-state index contributed by atoms with van der Waals surface area (Å²) in [5, 5.41) is 4.18. The minimum atomic E-state index is 0.772. The summed E-state index contributed by atoms with van der Waals surface area (Å²) in [6.45, 7) is 4.63. The highest BCUT2D eigenvalue weighted by molar-refractivity contribution is 6.31. The van der Waals surface area contributed by atoms with Gasteiger partial charge in [0.15, 0.2) is 0 Å². The first-order valence-corrected chi connectivity index (χ1v) is 6.12. The molecule has 0 saturated heterocycles. The van der Waals surface area contributed by atoms with Crippen molar-refractivity contribution in [2.45, 2.75) is 26.6 Å². The van der Waals surface area contributed by atoms with E-state index in [0.29, 0.717) is 0 Å². The smallest absolute Gasteiger partial charge is 0.0948 e. The Hall–Kier alpha value is -1.32. The third kappa shape index (κ3) is 3.08. The zero-order chi connectivity index (χ0) is 12.1. The molecule has 1 heterocycles. The molecule has 1 N–H and O–H groups in total. The predicted molar refractivity (Wildman–Crippen MR) is 69.9 cm³/mol. The second kappa shape index (κ2) is 5.84. The van der Waals surface area contributed by atoms with Crippen molar-refractivity contribution in [2.75, 3.05) is 0 Å². The van der Waals surface area contributed by atoms with Crippen LogP contribution in [0.3, 0.4) is 0 Å². The highest BCUT2D eigenvalue weighted by atomic mass is 35.5. The maximum Gasteiger partial charge on any atom is 0.0948 e. The highest BCUT2D eigenvalue weighted by Crippen LogP contribution is 2.14. The second-order valence-corrected chi connectivity index (χ2v) is 4.27. The van der Waals surface area contributed by atoms with Crippen LogP contribution < -0.4 is 5.32 Å². The summed E-state index contributed by atoms with van der Waals surface area (Å²) >= 11 is 6.09. The maximum atomic E-state index is 6.09. The fraction of sp³-hybridized carbons (Fsp3) is 0.308. The molecule has 0 aliphatic heterocycles. The monoisotopic (exact) mass is 249 g/mol. The van der Waals surface area contributed by atoms with Crippen molar-refractivity contribution >= 4 is 11.6 Å². The van der Waals surface area contributed by atoms with E-state index in [2.05, 4.69) is 21.8 Å². The van der Waals surface area contributed by atoms with Gasteiger partial charge in [-0.25, -0.2) is 4.98 Å². The number of imidazole rings is 1. The maximum absolute atomic E-state index is 6.09. The van der Waals surface area contributed by atoms with Crippen molar-refractivity contribution in [3.63, 3.8) is 0 Å². The normalized spacial score (nSPS) is 10.7. The average molecular weight is 250 g/mol. The zero-order valence-electron chi connectivity index (χ0n) is 9.86. The third-order valence-electron chi connectivity index (χ3n) is 2.72. The topological polar surface area (TPSA) is 29.9 Å². The molecule has 0 bridgehead atoms. The van der Waals surface area contributed by atoms with E-state index in [-0.39, 0.29) is 0 Å². The molecule has 0 spiro atoms. The molecule has 0 amide bonds. The van der Waals surface area contributed by atoms with Gasteiger partial charge in [0.25, 0.3) is 0 Å². The largest absolute Gasteiger partial charge is 0.334 e. The van der Waals surface area contributed by atoms with Crippen molar-refractivity contribution in [3.05, 3.63) is 53.1 Å². The van der Waals surface area contributed by atoms with E-state index in [1.165, 1.54) is 5.69 Å². The van der Waals surface area contributed by atoms with Crippen LogP contribution >= 0.6 is 11.6 Å². The van der Waals surface area contributed by atoms with Gasteiger partial charge in [0, 0.05) is 30.9 Å². The summed E-state index contributed by atoms with van der Waals surface area (Å²) in [4.78, 5) is 4.13. The number of nitrogens with zero attached hydrogens (tertiary/aromatic N) is 2. The number of nitrogens with one attached hydrogen (secondary N) is 1. The molecule has 0 saturated carbocycles. The molecular weight excluding hydrogens is 234 g/mol. The molecule has 0 atom stereocenters. The van der Waals surface area contributed by atoms with E-state index in [4.69, 9.17) is 11.6 Å². The van der Waals surface area contributed by atoms with E-state index in [0.717, 1.165) is 30.2 Å². The minimum Gasteiger partial charge on any atom is -0.334 e. The van der Waals surface area contributed by atoms with Gasteiger partial charge in [-0.2, -0.15) is 0 Å².